The summed E-state index contributed by atoms with van der Waals surface area (Å²) in [7, 11) is -4.27. The number of nitrogens with zero attached hydrogens (tertiary/aromatic N) is 2. The van der Waals surface area contributed by atoms with Crippen LogP contribution in [0.25, 0.3) is 0 Å². The van der Waals surface area contributed by atoms with Gasteiger partial charge in [-0.05, 0) is 36.6 Å². The lowest BCUT2D eigenvalue weighted by molar-refractivity contribution is -0.137. The average molecular weight is 531 g/mol. The van der Waals surface area contributed by atoms with Crippen molar-refractivity contribution >= 4 is 33.9 Å². The maximum atomic E-state index is 12.9. The highest BCUT2D eigenvalue weighted by Gasteiger charge is 2.30. The molecule has 196 valence electrons. The molecule has 0 saturated heterocycles. The molecule has 0 saturated carbocycles. The van der Waals surface area contributed by atoms with Gasteiger partial charge in [0.2, 0.25) is 15.9 Å². The van der Waals surface area contributed by atoms with Gasteiger partial charge in [-0.2, -0.15) is 13.2 Å². The molecule has 0 fully saturated rings. The summed E-state index contributed by atoms with van der Waals surface area (Å²) in [5.74, 6) is -1.60. The van der Waals surface area contributed by atoms with Crippen LogP contribution in [0.2, 0.25) is 0 Å². The van der Waals surface area contributed by atoms with Gasteiger partial charge in [-0.3, -0.25) is 19.3 Å². The summed E-state index contributed by atoms with van der Waals surface area (Å²) in [6, 6.07) is 5.41. The minimum absolute atomic E-state index is 0.105. The maximum absolute atomic E-state index is 12.9. The SMILES string of the molecule is NC(N)=NCCC[C@@H](C=O)NC(=O)Cn1cccc(NS(=O)(=O)Cc2cccc(C(F)(F)F)c2)c1=O. The van der Waals surface area contributed by atoms with Crippen molar-refractivity contribution in [3.63, 3.8) is 0 Å². The van der Waals surface area contributed by atoms with Gasteiger partial charge in [-0.25, -0.2) is 8.42 Å². The van der Waals surface area contributed by atoms with Crippen molar-refractivity contribution in [1.29, 1.82) is 0 Å². The first-order valence-electron chi connectivity index (χ1n) is 10.5. The van der Waals surface area contributed by atoms with E-state index in [1.807, 2.05) is 4.72 Å². The first-order chi connectivity index (χ1) is 16.8. The Bertz CT molecular complexity index is 1270. The molecule has 15 heteroatoms. The van der Waals surface area contributed by atoms with Crippen LogP contribution in [0.15, 0.2) is 52.4 Å². The standard InChI is InChI=1S/C21H25F3N6O5S/c22-21(23,24)15-5-1-4-14(10-15)13-36(34,35)29-17-7-3-9-30(19(17)33)11-18(32)28-16(12-31)6-2-8-27-20(25)26/h1,3-5,7,9-10,12,16,29H,2,6,8,11,13H2,(H,28,32)(H4,25,26,27)/t16-/m0/s1. The molecule has 0 unspecified atom stereocenters. The third kappa shape index (κ3) is 9.05. The zero-order valence-corrected chi connectivity index (χ0v) is 19.7. The minimum Gasteiger partial charge on any atom is -0.370 e. The Morgan fingerprint density at radius 1 is 1.19 bits per heavy atom. The number of amides is 1. The van der Waals surface area contributed by atoms with Gasteiger partial charge >= 0.3 is 6.18 Å². The second-order valence-corrected chi connectivity index (χ2v) is 9.40. The number of sulfonamides is 1. The van der Waals surface area contributed by atoms with E-state index >= 15 is 0 Å². The Labute approximate surface area is 204 Å². The van der Waals surface area contributed by atoms with Gasteiger partial charge in [-0.1, -0.05) is 18.2 Å². The molecule has 1 heterocycles. The van der Waals surface area contributed by atoms with Crippen LogP contribution in [-0.2, 0) is 38.1 Å². The topological polar surface area (TPSA) is 179 Å². The van der Waals surface area contributed by atoms with Gasteiger partial charge in [-0.15, -0.1) is 0 Å². The average Bonchev–Trinajstić information content (AvgIpc) is 2.77. The molecule has 0 spiro atoms. The van der Waals surface area contributed by atoms with E-state index in [4.69, 9.17) is 11.5 Å². The number of alkyl halides is 3. The Morgan fingerprint density at radius 2 is 1.92 bits per heavy atom. The Balaban J connectivity index is 2.06. The van der Waals surface area contributed by atoms with Crippen LogP contribution in [0.5, 0.6) is 0 Å². The fourth-order valence-corrected chi connectivity index (χ4v) is 4.28. The molecule has 0 aliphatic heterocycles. The molecule has 0 bridgehead atoms. The molecule has 0 aliphatic carbocycles. The van der Waals surface area contributed by atoms with Crippen LogP contribution in [0, 0.1) is 0 Å². The predicted molar refractivity (Wildman–Crippen MR) is 126 cm³/mol. The number of carbonyl (C=O) groups excluding carboxylic acids is 2. The maximum Gasteiger partial charge on any atom is 0.416 e. The number of halogens is 3. The molecule has 1 atom stereocenters. The molecule has 2 aromatic rings. The number of anilines is 1. The summed E-state index contributed by atoms with van der Waals surface area (Å²) < 4.78 is 66.6. The van der Waals surface area contributed by atoms with Gasteiger partial charge in [0.15, 0.2) is 5.96 Å². The van der Waals surface area contributed by atoms with Gasteiger partial charge in [0.25, 0.3) is 5.56 Å². The number of hydrogen-bond donors (Lipinski definition) is 4. The van der Waals surface area contributed by atoms with Gasteiger partial charge in [0.1, 0.15) is 18.5 Å². The summed E-state index contributed by atoms with van der Waals surface area (Å²) >= 11 is 0. The van der Waals surface area contributed by atoms with E-state index in [2.05, 4.69) is 10.3 Å². The van der Waals surface area contributed by atoms with Crippen LogP contribution in [0.1, 0.15) is 24.0 Å². The van der Waals surface area contributed by atoms with E-state index in [-0.39, 0.29) is 24.5 Å². The number of benzene rings is 1. The number of hydrogen-bond acceptors (Lipinski definition) is 6. The van der Waals surface area contributed by atoms with E-state index in [1.54, 1.807) is 0 Å². The fourth-order valence-electron chi connectivity index (χ4n) is 3.10. The number of aldehydes is 1. The largest absolute Gasteiger partial charge is 0.416 e. The van der Waals surface area contributed by atoms with E-state index in [1.165, 1.54) is 18.3 Å². The van der Waals surface area contributed by atoms with Crippen molar-refractivity contribution in [2.45, 2.75) is 37.4 Å². The molecule has 6 N–H and O–H groups in total. The number of guanidine groups is 1. The quantitative estimate of drug-likeness (QED) is 0.134. The summed E-state index contributed by atoms with van der Waals surface area (Å²) in [4.78, 5) is 39.9. The van der Waals surface area contributed by atoms with Crippen molar-refractivity contribution < 1.29 is 31.2 Å². The lowest BCUT2D eigenvalue weighted by Crippen LogP contribution is -2.40. The number of rotatable bonds is 12. The van der Waals surface area contributed by atoms with Crippen molar-refractivity contribution in [1.82, 2.24) is 9.88 Å². The summed E-state index contributed by atoms with van der Waals surface area (Å²) in [5.41, 5.74) is 8.01. The van der Waals surface area contributed by atoms with Crippen molar-refractivity contribution in [2.75, 3.05) is 11.3 Å². The molecule has 1 amide bonds. The van der Waals surface area contributed by atoms with E-state index in [9.17, 15) is 36.0 Å². The highest BCUT2D eigenvalue weighted by Crippen LogP contribution is 2.29. The zero-order valence-electron chi connectivity index (χ0n) is 18.9. The molecule has 1 aromatic heterocycles. The first kappa shape index (κ1) is 28.4. The lowest BCUT2D eigenvalue weighted by atomic mass is 10.1. The van der Waals surface area contributed by atoms with Gasteiger partial charge in [0.05, 0.1) is 17.4 Å². The third-order valence-electron chi connectivity index (χ3n) is 4.69. The van der Waals surface area contributed by atoms with E-state index in [0.717, 1.165) is 22.8 Å². The predicted octanol–water partition coefficient (Wildman–Crippen LogP) is 0.546. The highest BCUT2D eigenvalue weighted by molar-refractivity contribution is 7.91. The van der Waals surface area contributed by atoms with Crippen LogP contribution in [0.4, 0.5) is 18.9 Å². The van der Waals surface area contributed by atoms with Crippen molar-refractivity contribution in [2.24, 2.45) is 16.5 Å². The summed E-state index contributed by atoms with van der Waals surface area (Å²) in [5, 5.41) is 2.44. The lowest BCUT2D eigenvalue weighted by Gasteiger charge is -2.14. The minimum atomic E-state index is -4.64. The second kappa shape index (κ2) is 12.2. The van der Waals surface area contributed by atoms with Crippen LogP contribution in [0.3, 0.4) is 0 Å². The zero-order chi connectivity index (χ0) is 26.9. The van der Waals surface area contributed by atoms with E-state index < -0.39 is 57.3 Å². The Morgan fingerprint density at radius 3 is 2.56 bits per heavy atom. The highest BCUT2D eigenvalue weighted by atomic mass is 32.2. The van der Waals surface area contributed by atoms with Crippen molar-refractivity contribution in [3.05, 3.63) is 64.1 Å². The number of pyridine rings is 1. The molecular formula is C21H25F3N6O5S. The number of aromatic nitrogens is 1. The third-order valence-corrected chi connectivity index (χ3v) is 5.93. The normalized spacial score (nSPS) is 12.4. The number of nitrogens with two attached hydrogens (primary N) is 2. The number of aliphatic imine (C=N–C) groups is 1. The molecule has 11 nitrogen and oxygen atoms in total. The summed E-state index contributed by atoms with van der Waals surface area (Å²) in [6.45, 7) is -0.259. The fraction of sp³-hybridized carbons (Fsp3) is 0.333. The van der Waals surface area contributed by atoms with E-state index in [0.29, 0.717) is 18.8 Å². The van der Waals surface area contributed by atoms with Crippen LogP contribution in [-0.4, -0.2) is 43.7 Å². The van der Waals surface area contributed by atoms with Gasteiger partial charge in [0, 0.05) is 12.7 Å². The first-order valence-corrected chi connectivity index (χ1v) is 12.1. The van der Waals surface area contributed by atoms with Crippen LogP contribution >= 0.6 is 0 Å². The molecular weight excluding hydrogens is 505 g/mol. The molecule has 0 radical (unpaired) electrons. The molecule has 2 rings (SSSR count). The van der Waals surface area contributed by atoms with Crippen molar-refractivity contribution in [3.8, 4) is 0 Å². The Kier molecular flexibility index (Phi) is 9.60. The summed E-state index contributed by atoms with van der Waals surface area (Å²) in [6.07, 6.45) is -2.23. The molecule has 0 aliphatic rings. The number of carbonyl (C=O) groups is 2. The van der Waals surface area contributed by atoms with Gasteiger partial charge < -0.3 is 26.1 Å². The second-order valence-electron chi connectivity index (χ2n) is 7.67. The number of nitrogens with one attached hydrogen (secondary N) is 2. The molecule has 1 aromatic carbocycles. The monoisotopic (exact) mass is 530 g/mol. The van der Waals surface area contributed by atoms with Crippen LogP contribution < -0.4 is 27.1 Å². The molecule has 36 heavy (non-hydrogen) atoms. The Hall–Kier alpha value is -3.88. The smallest absolute Gasteiger partial charge is 0.370 e.